The first-order chi connectivity index (χ1) is 7.27. The summed E-state index contributed by atoms with van der Waals surface area (Å²) in [6, 6.07) is 3.90. The third-order valence-corrected chi connectivity index (χ3v) is 2.10. The Balaban J connectivity index is 2.33. The molecule has 78 valence electrons. The minimum atomic E-state index is 0.580. The summed E-state index contributed by atoms with van der Waals surface area (Å²) in [7, 11) is 0. The van der Waals surface area contributed by atoms with Crippen molar-refractivity contribution in [3.63, 3.8) is 0 Å². The number of hydrogen-bond donors (Lipinski definition) is 0. The van der Waals surface area contributed by atoms with Crippen LogP contribution in [0.4, 0.5) is 0 Å². The van der Waals surface area contributed by atoms with Crippen LogP contribution in [0, 0.1) is 5.92 Å². The van der Waals surface area contributed by atoms with Crippen molar-refractivity contribution in [3.05, 3.63) is 30.9 Å². The zero-order valence-electron chi connectivity index (χ0n) is 8.96. The van der Waals surface area contributed by atoms with Crippen LogP contribution in [0.5, 0.6) is 0 Å². The average Bonchev–Trinajstić information content (AvgIpc) is 2.66. The van der Waals surface area contributed by atoms with E-state index in [1.54, 1.807) is 18.7 Å². The Labute approximate surface area is 89.0 Å². The summed E-state index contributed by atoms with van der Waals surface area (Å²) in [5.74, 6) is 1.47. The Morgan fingerprint density at radius 3 is 2.93 bits per heavy atom. The van der Waals surface area contributed by atoms with Gasteiger partial charge in [0.1, 0.15) is 6.33 Å². The van der Waals surface area contributed by atoms with E-state index in [0.717, 1.165) is 17.9 Å². The van der Waals surface area contributed by atoms with Gasteiger partial charge in [0.2, 0.25) is 0 Å². The van der Waals surface area contributed by atoms with Crippen LogP contribution in [-0.4, -0.2) is 19.7 Å². The van der Waals surface area contributed by atoms with Crippen LogP contribution in [0.1, 0.15) is 13.8 Å². The first kappa shape index (κ1) is 9.83. The van der Waals surface area contributed by atoms with Gasteiger partial charge in [-0.25, -0.2) is 0 Å². The highest BCUT2D eigenvalue weighted by Crippen LogP contribution is 2.15. The highest BCUT2D eigenvalue weighted by Gasteiger charge is 2.07. The average molecular weight is 202 g/mol. The van der Waals surface area contributed by atoms with E-state index in [2.05, 4.69) is 33.6 Å². The lowest BCUT2D eigenvalue weighted by atomic mass is 10.2. The number of aromatic nitrogens is 4. The van der Waals surface area contributed by atoms with E-state index in [9.17, 15) is 0 Å². The van der Waals surface area contributed by atoms with Crippen LogP contribution >= 0.6 is 0 Å². The van der Waals surface area contributed by atoms with Gasteiger partial charge >= 0.3 is 0 Å². The quantitative estimate of drug-likeness (QED) is 0.764. The molecule has 0 bridgehead atoms. The lowest BCUT2D eigenvalue weighted by molar-refractivity contribution is 0.525. The molecule has 0 N–H and O–H groups in total. The first-order valence-electron chi connectivity index (χ1n) is 5.05. The van der Waals surface area contributed by atoms with Crippen LogP contribution < -0.4 is 0 Å². The summed E-state index contributed by atoms with van der Waals surface area (Å²) in [5, 5.41) is 8.05. The number of hydrogen-bond acceptors (Lipinski definition) is 3. The molecule has 2 aromatic rings. The monoisotopic (exact) mass is 202 g/mol. The van der Waals surface area contributed by atoms with Gasteiger partial charge in [-0.1, -0.05) is 13.8 Å². The minimum Gasteiger partial charge on any atom is -0.313 e. The Kier molecular flexibility index (Phi) is 2.76. The molecule has 0 unspecified atom stereocenters. The van der Waals surface area contributed by atoms with Crippen LogP contribution in [-0.2, 0) is 6.54 Å². The molecular formula is C11H14N4. The van der Waals surface area contributed by atoms with Gasteiger partial charge in [0.15, 0.2) is 5.82 Å². The van der Waals surface area contributed by atoms with Crippen LogP contribution in [0.2, 0.25) is 0 Å². The molecule has 4 nitrogen and oxygen atoms in total. The first-order valence-corrected chi connectivity index (χ1v) is 5.05. The summed E-state index contributed by atoms with van der Waals surface area (Å²) < 4.78 is 2.06. The van der Waals surface area contributed by atoms with Crippen molar-refractivity contribution in [2.45, 2.75) is 20.4 Å². The molecule has 0 aliphatic carbocycles. The van der Waals surface area contributed by atoms with Gasteiger partial charge in [-0.2, -0.15) is 0 Å². The molecule has 0 aliphatic heterocycles. The van der Waals surface area contributed by atoms with Crippen molar-refractivity contribution < 1.29 is 0 Å². The second-order valence-electron chi connectivity index (χ2n) is 3.94. The van der Waals surface area contributed by atoms with E-state index in [0.29, 0.717) is 5.92 Å². The van der Waals surface area contributed by atoms with Gasteiger partial charge in [-0.05, 0) is 18.1 Å². The Bertz CT molecular complexity index is 419. The predicted octanol–water partition coefficient (Wildman–Crippen LogP) is 2.00. The predicted molar refractivity (Wildman–Crippen MR) is 58.1 cm³/mol. The lowest BCUT2D eigenvalue weighted by Gasteiger charge is -2.08. The van der Waals surface area contributed by atoms with E-state index >= 15 is 0 Å². The fraction of sp³-hybridized carbons (Fsp3) is 0.364. The normalized spacial score (nSPS) is 10.9. The van der Waals surface area contributed by atoms with E-state index in [-0.39, 0.29) is 0 Å². The summed E-state index contributed by atoms with van der Waals surface area (Å²) in [4.78, 5) is 4.08. The molecule has 4 heteroatoms. The molecule has 0 saturated carbocycles. The van der Waals surface area contributed by atoms with Crippen molar-refractivity contribution >= 4 is 0 Å². The van der Waals surface area contributed by atoms with E-state index in [4.69, 9.17) is 0 Å². The molecule has 0 amide bonds. The Morgan fingerprint density at radius 2 is 2.27 bits per heavy atom. The maximum atomic E-state index is 4.11. The van der Waals surface area contributed by atoms with Gasteiger partial charge in [-0.15, -0.1) is 10.2 Å². The second kappa shape index (κ2) is 4.21. The molecular weight excluding hydrogens is 188 g/mol. The Hall–Kier alpha value is -1.71. The minimum absolute atomic E-state index is 0.580. The standard InChI is InChI=1S/C11H14N4/c1-9(2)7-15-8-13-14-11(15)10-4-3-5-12-6-10/h3-6,8-9H,7H2,1-2H3. The summed E-state index contributed by atoms with van der Waals surface area (Å²) in [6.07, 6.45) is 5.33. The molecule has 0 fully saturated rings. The maximum Gasteiger partial charge on any atom is 0.165 e. The fourth-order valence-electron chi connectivity index (χ4n) is 1.50. The highest BCUT2D eigenvalue weighted by atomic mass is 15.3. The van der Waals surface area contributed by atoms with Crippen molar-refractivity contribution in [1.82, 2.24) is 19.7 Å². The third kappa shape index (κ3) is 2.21. The van der Waals surface area contributed by atoms with Crippen molar-refractivity contribution in [1.29, 1.82) is 0 Å². The van der Waals surface area contributed by atoms with E-state index in [1.165, 1.54) is 0 Å². The lowest BCUT2D eigenvalue weighted by Crippen LogP contribution is -2.05. The molecule has 0 aromatic carbocycles. The van der Waals surface area contributed by atoms with Gasteiger partial charge in [0, 0.05) is 24.5 Å². The fourth-order valence-corrected chi connectivity index (χ4v) is 1.50. The summed E-state index contributed by atoms with van der Waals surface area (Å²) in [5.41, 5.74) is 1.01. The number of nitrogens with zero attached hydrogens (tertiary/aromatic N) is 4. The third-order valence-electron chi connectivity index (χ3n) is 2.10. The summed E-state index contributed by atoms with van der Waals surface area (Å²) >= 11 is 0. The van der Waals surface area contributed by atoms with Crippen LogP contribution in [0.25, 0.3) is 11.4 Å². The molecule has 2 aromatic heterocycles. The van der Waals surface area contributed by atoms with Crippen LogP contribution in [0.3, 0.4) is 0 Å². The van der Waals surface area contributed by atoms with Crippen molar-refractivity contribution in [2.75, 3.05) is 0 Å². The van der Waals surface area contributed by atoms with Gasteiger partial charge < -0.3 is 4.57 Å². The molecule has 2 rings (SSSR count). The molecule has 0 radical (unpaired) electrons. The zero-order valence-corrected chi connectivity index (χ0v) is 8.96. The summed E-state index contributed by atoms with van der Waals surface area (Å²) in [6.45, 7) is 5.28. The van der Waals surface area contributed by atoms with E-state index in [1.807, 2.05) is 12.1 Å². The van der Waals surface area contributed by atoms with Gasteiger partial charge in [0.25, 0.3) is 0 Å². The highest BCUT2D eigenvalue weighted by molar-refractivity contribution is 5.52. The zero-order chi connectivity index (χ0) is 10.7. The van der Waals surface area contributed by atoms with Gasteiger partial charge in [-0.3, -0.25) is 4.98 Å². The largest absolute Gasteiger partial charge is 0.313 e. The smallest absolute Gasteiger partial charge is 0.165 e. The molecule has 0 aliphatic rings. The Morgan fingerprint density at radius 1 is 1.40 bits per heavy atom. The van der Waals surface area contributed by atoms with Crippen molar-refractivity contribution in [3.8, 4) is 11.4 Å². The van der Waals surface area contributed by atoms with E-state index < -0.39 is 0 Å². The SMILES string of the molecule is CC(C)Cn1cnnc1-c1cccnc1. The van der Waals surface area contributed by atoms with Crippen LogP contribution in [0.15, 0.2) is 30.9 Å². The number of pyridine rings is 1. The number of rotatable bonds is 3. The van der Waals surface area contributed by atoms with Crippen molar-refractivity contribution in [2.24, 2.45) is 5.92 Å². The maximum absolute atomic E-state index is 4.11. The second-order valence-corrected chi connectivity index (χ2v) is 3.94. The molecule has 0 atom stereocenters. The molecule has 0 saturated heterocycles. The molecule has 2 heterocycles. The van der Waals surface area contributed by atoms with Gasteiger partial charge in [0.05, 0.1) is 0 Å². The molecule has 0 spiro atoms. The molecule has 15 heavy (non-hydrogen) atoms. The topological polar surface area (TPSA) is 43.6 Å².